The summed E-state index contributed by atoms with van der Waals surface area (Å²) in [4.78, 5) is 3.91. The van der Waals surface area contributed by atoms with Crippen LogP contribution in [0.3, 0.4) is 0 Å². The summed E-state index contributed by atoms with van der Waals surface area (Å²) in [5.74, 6) is 0. The zero-order valence-corrected chi connectivity index (χ0v) is 6.92. The average Bonchev–Trinajstić information content (AvgIpc) is 2.47. The van der Waals surface area contributed by atoms with Crippen molar-refractivity contribution in [3.05, 3.63) is 12.3 Å². The zero-order valence-electron chi connectivity index (χ0n) is 6.92. The summed E-state index contributed by atoms with van der Waals surface area (Å²) in [5, 5.41) is 25.2. The molecule has 0 saturated carbocycles. The molecule has 0 bridgehead atoms. The minimum Gasteiger partial charge on any atom is -0.423 e. The van der Waals surface area contributed by atoms with Gasteiger partial charge < -0.3 is 10.0 Å². The van der Waals surface area contributed by atoms with Gasteiger partial charge in [0.1, 0.15) is 5.52 Å². The number of hydrogen-bond donors (Lipinski definition) is 2. The van der Waals surface area contributed by atoms with Crippen molar-refractivity contribution in [3.8, 4) is 0 Å². The Labute approximate surface area is 74.0 Å². The van der Waals surface area contributed by atoms with Gasteiger partial charge in [0.25, 0.3) is 0 Å². The number of fused-ring (bicyclic) bond motifs is 1. The number of rotatable bonds is 1. The number of pyridine rings is 1. The highest BCUT2D eigenvalue weighted by atomic mass is 16.4. The van der Waals surface area contributed by atoms with E-state index in [0.717, 1.165) is 0 Å². The van der Waals surface area contributed by atoms with Crippen LogP contribution in [0.4, 0.5) is 0 Å². The fourth-order valence-corrected chi connectivity index (χ4v) is 1.08. The first-order valence-corrected chi connectivity index (χ1v) is 3.70. The van der Waals surface area contributed by atoms with Crippen molar-refractivity contribution in [1.82, 2.24) is 20.0 Å². The molecule has 0 unspecified atom stereocenters. The van der Waals surface area contributed by atoms with E-state index in [9.17, 15) is 0 Å². The van der Waals surface area contributed by atoms with Crippen LogP contribution in [0, 0.1) is 0 Å². The van der Waals surface area contributed by atoms with E-state index >= 15 is 0 Å². The lowest BCUT2D eigenvalue weighted by molar-refractivity contribution is 0.425. The van der Waals surface area contributed by atoms with E-state index in [1.54, 1.807) is 13.1 Å². The summed E-state index contributed by atoms with van der Waals surface area (Å²) in [6, 6.07) is 1.59. The van der Waals surface area contributed by atoms with Gasteiger partial charge >= 0.3 is 7.12 Å². The van der Waals surface area contributed by atoms with Crippen molar-refractivity contribution in [2.45, 2.75) is 0 Å². The topological polar surface area (TPSA) is 84.1 Å². The van der Waals surface area contributed by atoms with Crippen LogP contribution in [0.15, 0.2) is 12.3 Å². The molecule has 0 saturated heterocycles. The molecule has 0 radical (unpaired) electrons. The molecule has 2 aromatic heterocycles. The van der Waals surface area contributed by atoms with Crippen LogP contribution in [-0.2, 0) is 7.05 Å². The van der Waals surface area contributed by atoms with Crippen LogP contribution in [-0.4, -0.2) is 37.1 Å². The number of aryl methyl sites for hydroxylation is 1. The maximum atomic E-state index is 8.88. The summed E-state index contributed by atoms with van der Waals surface area (Å²) in [7, 11) is 0.205. The van der Waals surface area contributed by atoms with Crippen molar-refractivity contribution in [1.29, 1.82) is 0 Å². The van der Waals surface area contributed by atoms with Gasteiger partial charge in [-0.15, -0.1) is 5.10 Å². The average molecular weight is 178 g/mol. The summed E-state index contributed by atoms with van der Waals surface area (Å²) in [5.41, 5.74) is 1.50. The van der Waals surface area contributed by atoms with Crippen LogP contribution in [0.5, 0.6) is 0 Å². The van der Waals surface area contributed by atoms with Crippen LogP contribution >= 0.6 is 0 Å². The summed E-state index contributed by atoms with van der Waals surface area (Å²) < 4.78 is 1.52. The summed E-state index contributed by atoms with van der Waals surface area (Å²) in [6.45, 7) is 0. The Hall–Kier alpha value is -1.47. The number of aromatic nitrogens is 4. The van der Waals surface area contributed by atoms with Crippen molar-refractivity contribution < 1.29 is 10.0 Å². The first-order chi connectivity index (χ1) is 6.18. The van der Waals surface area contributed by atoms with Crippen molar-refractivity contribution in [2.75, 3.05) is 0 Å². The van der Waals surface area contributed by atoms with E-state index in [4.69, 9.17) is 10.0 Å². The zero-order chi connectivity index (χ0) is 9.42. The highest BCUT2D eigenvalue weighted by Gasteiger charge is 2.13. The Balaban J connectivity index is 2.66. The van der Waals surface area contributed by atoms with E-state index in [-0.39, 0.29) is 0 Å². The second kappa shape index (κ2) is 2.79. The van der Waals surface area contributed by atoms with E-state index in [2.05, 4.69) is 15.3 Å². The maximum Gasteiger partial charge on any atom is 0.490 e. The van der Waals surface area contributed by atoms with Gasteiger partial charge in [0.2, 0.25) is 5.65 Å². The highest BCUT2D eigenvalue weighted by Crippen LogP contribution is 2.02. The highest BCUT2D eigenvalue weighted by molar-refractivity contribution is 6.58. The smallest absolute Gasteiger partial charge is 0.423 e. The Morgan fingerprint density at radius 2 is 2.23 bits per heavy atom. The molecule has 0 spiro atoms. The minimum atomic E-state index is -1.51. The molecule has 7 heteroatoms. The third-order valence-corrected chi connectivity index (χ3v) is 1.79. The molecule has 0 aliphatic heterocycles. The lowest BCUT2D eigenvalue weighted by Gasteiger charge is -1.97. The first kappa shape index (κ1) is 8.15. The second-order valence-corrected chi connectivity index (χ2v) is 2.70. The first-order valence-electron chi connectivity index (χ1n) is 3.70. The molecule has 0 fully saturated rings. The van der Waals surface area contributed by atoms with E-state index in [0.29, 0.717) is 16.6 Å². The van der Waals surface area contributed by atoms with Crippen LogP contribution in [0.1, 0.15) is 0 Å². The molecule has 13 heavy (non-hydrogen) atoms. The Kier molecular flexibility index (Phi) is 1.75. The molecular weight excluding hydrogens is 171 g/mol. The fourth-order valence-electron chi connectivity index (χ4n) is 1.08. The molecule has 0 amide bonds. The van der Waals surface area contributed by atoms with E-state index in [1.807, 2.05) is 0 Å². The lowest BCUT2D eigenvalue weighted by atomic mass is 9.82. The molecule has 2 heterocycles. The van der Waals surface area contributed by atoms with Crippen LogP contribution in [0.25, 0.3) is 11.2 Å². The van der Waals surface area contributed by atoms with Crippen LogP contribution < -0.4 is 5.46 Å². The molecule has 0 aliphatic rings. The van der Waals surface area contributed by atoms with Gasteiger partial charge in [-0.2, -0.15) is 0 Å². The minimum absolute atomic E-state index is 0.331. The second-order valence-electron chi connectivity index (χ2n) is 2.70. The van der Waals surface area contributed by atoms with Gasteiger partial charge in [0, 0.05) is 18.7 Å². The van der Waals surface area contributed by atoms with E-state index in [1.165, 1.54) is 10.9 Å². The molecule has 2 rings (SSSR count). The van der Waals surface area contributed by atoms with Gasteiger partial charge in [-0.25, -0.2) is 9.67 Å². The molecule has 0 aliphatic carbocycles. The summed E-state index contributed by atoms with van der Waals surface area (Å²) >= 11 is 0. The lowest BCUT2D eigenvalue weighted by Crippen LogP contribution is -2.30. The SMILES string of the molecule is Cn1nnc2ncc(B(O)O)cc21. The molecule has 2 aromatic rings. The van der Waals surface area contributed by atoms with Crippen LogP contribution in [0.2, 0.25) is 0 Å². The molecule has 2 N–H and O–H groups in total. The van der Waals surface area contributed by atoms with Crippen molar-refractivity contribution in [3.63, 3.8) is 0 Å². The molecule has 66 valence electrons. The quantitative estimate of drug-likeness (QED) is 0.495. The van der Waals surface area contributed by atoms with E-state index < -0.39 is 7.12 Å². The van der Waals surface area contributed by atoms with Crippen molar-refractivity contribution in [2.24, 2.45) is 7.05 Å². The fraction of sp³-hybridized carbons (Fsp3) is 0.167. The normalized spacial score (nSPS) is 10.7. The van der Waals surface area contributed by atoms with Gasteiger partial charge in [-0.05, 0) is 6.07 Å². The van der Waals surface area contributed by atoms with Gasteiger partial charge in [0.15, 0.2) is 0 Å². The molecular formula is C6H7BN4O2. The Morgan fingerprint density at radius 3 is 2.92 bits per heavy atom. The largest absolute Gasteiger partial charge is 0.490 e. The molecule has 0 aromatic carbocycles. The number of hydrogen-bond acceptors (Lipinski definition) is 5. The van der Waals surface area contributed by atoms with Gasteiger partial charge in [-0.1, -0.05) is 5.21 Å². The van der Waals surface area contributed by atoms with Gasteiger partial charge in [-0.3, -0.25) is 0 Å². The Bertz CT molecular complexity index is 441. The standard InChI is InChI=1S/C6H7BN4O2/c1-11-5-2-4(7(12)13)3-8-6(5)9-10-11/h2-3,12-13H,1H3. The monoisotopic (exact) mass is 178 g/mol. The predicted octanol–water partition coefficient (Wildman–Crippen LogP) is -1.96. The summed E-state index contributed by atoms with van der Waals surface area (Å²) in [6.07, 6.45) is 1.36. The van der Waals surface area contributed by atoms with Gasteiger partial charge in [0.05, 0.1) is 0 Å². The third kappa shape index (κ3) is 1.27. The Morgan fingerprint density at radius 1 is 1.46 bits per heavy atom. The predicted molar refractivity (Wildman–Crippen MR) is 46.1 cm³/mol. The number of nitrogens with zero attached hydrogens (tertiary/aromatic N) is 4. The maximum absolute atomic E-state index is 8.88. The molecule has 0 atom stereocenters. The molecule has 6 nitrogen and oxygen atoms in total. The third-order valence-electron chi connectivity index (χ3n) is 1.79. The van der Waals surface area contributed by atoms with Crippen molar-refractivity contribution >= 4 is 23.7 Å².